The van der Waals surface area contributed by atoms with Crippen LogP contribution in [0.5, 0.6) is 11.5 Å². The van der Waals surface area contributed by atoms with Gasteiger partial charge in [-0.2, -0.15) is 0 Å². The highest BCUT2D eigenvalue weighted by Gasteiger charge is 2.36. The van der Waals surface area contributed by atoms with Crippen molar-refractivity contribution in [1.29, 1.82) is 0 Å². The van der Waals surface area contributed by atoms with Gasteiger partial charge in [0.25, 0.3) is 5.91 Å². The van der Waals surface area contributed by atoms with Gasteiger partial charge in [0.1, 0.15) is 17.2 Å². The molecule has 8 nitrogen and oxygen atoms in total. The monoisotopic (exact) mass is 495 g/mol. The second-order valence-corrected chi connectivity index (χ2v) is 9.16. The second kappa shape index (κ2) is 11.4. The number of aliphatic imine (C=N–C) groups is 1. The summed E-state index contributed by atoms with van der Waals surface area (Å²) in [4.78, 5) is 34.8. The Morgan fingerprint density at radius 2 is 1.66 bits per heavy atom. The number of nitrogens with zero attached hydrogens (tertiary/aromatic N) is 3. The lowest BCUT2D eigenvalue weighted by atomic mass is 10.2. The summed E-state index contributed by atoms with van der Waals surface area (Å²) in [6.07, 6.45) is 2.36. The summed E-state index contributed by atoms with van der Waals surface area (Å²) in [7, 11) is 3.20. The minimum atomic E-state index is -0.360. The first-order chi connectivity index (χ1) is 17.0. The molecule has 1 fully saturated rings. The van der Waals surface area contributed by atoms with Crippen LogP contribution in [0.4, 0.5) is 5.69 Å². The number of rotatable bonds is 7. The Morgan fingerprint density at radius 3 is 2.23 bits per heavy atom. The number of benzene rings is 2. The number of ether oxygens (including phenoxy) is 3. The molecule has 0 aliphatic carbocycles. The fourth-order valence-corrected chi connectivity index (χ4v) is 4.93. The summed E-state index contributed by atoms with van der Waals surface area (Å²) < 4.78 is 15.9. The van der Waals surface area contributed by atoms with Gasteiger partial charge >= 0.3 is 0 Å². The number of carbonyl (C=O) groups excluding carboxylic acids is 2. The summed E-state index contributed by atoms with van der Waals surface area (Å²) in [5.74, 6) is 1.21. The quantitative estimate of drug-likeness (QED) is 0.544. The lowest BCUT2D eigenvalue weighted by Gasteiger charge is -2.30. The minimum Gasteiger partial charge on any atom is -0.497 e. The van der Waals surface area contributed by atoms with E-state index in [1.165, 1.54) is 11.8 Å². The molecular weight excluding hydrogens is 466 g/mol. The van der Waals surface area contributed by atoms with Crippen molar-refractivity contribution >= 4 is 40.5 Å². The Kier molecular flexibility index (Phi) is 8.09. The van der Waals surface area contributed by atoms with Gasteiger partial charge in [0.15, 0.2) is 5.17 Å². The molecule has 0 aromatic heterocycles. The first-order valence-electron chi connectivity index (χ1n) is 11.5. The van der Waals surface area contributed by atoms with E-state index in [1.807, 2.05) is 48.2 Å². The number of anilines is 1. The lowest BCUT2D eigenvalue weighted by molar-refractivity contribution is -0.134. The van der Waals surface area contributed by atoms with Crippen LogP contribution in [0.3, 0.4) is 0 Å². The fourth-order valence-electron chi connectivity index (χ4n) is 3.82. The summed E-state index contributed by atoms with van der Waals surface area (Å²) in [6.45, 7) is 4.20. The molecule has 2 heterocycles. The van der Waals surface area contributed by atoms with Crippen molar-refractivity contribution in [3.63, 3.8) is 0 Å². The van der Waals surface area contributed by atoms with Crippen molar-refractivity contribution < 1.29 is 23.8 Å². The first-order valence-corrected chi connectivity index (χ1v) is 12.4. The van der Waals surface area contributed by atoms with Crippen LogP contribution in [0.25, 0.3) is 6.08 Å². The maximum absolute atomic E-state index is 13.5. The number of hydrogen-bond donors (Lipinski definition) is 0. The smallest absolute Gasteiger partial charge is 0.283 e. The van der Waals surface area contributed by atoms with Gasteiger partial charge in [-0.1, -0.05) is 30.8 Å². The van der Waals surface area contributed by atoms with E-state index in [0.29, 0.717) is 55.0 Å². The normalized spacial score (nSPS) is 18.0. The van der Waals surface area contributed by atoms with E-state index in [9.17, 15) is 9.59 Å². The van der Waals surface area contributed by atoms with Crippen molar-refractivity contribution in [2.24, 2.45) is 4.99 Å². The molecule has 9 heteroatoms. The molecule has 1 atom stereocenters. The molecule has 1 saturated heterocycles. The van der Waals surface area contributed by atoms with E-state index in [1.54, 1.807) is 37.3 Å². The zero-order chi connectivity index (χ0) is 24.8. The van der Waals surface area contributed by atoms with Gasteiger partial charge in [-0.15, -0.1) is 0 Å². The number of methoxy groups -OCH3 is 2. The highest BCUT2D eigenvalue weighted by atomic mass is 32.2. The zero-order valence-electron chi connectivity index (χ0n) is 20.1. The summed E-state index contributed by atoms with van der Waals surface area (Å²) in [5.41, 5.74) is 1.80. The van der Waals surface area contributed by atoms with Crippen molar-refractivity contribution in [2.75, 3.05) is 45.4 Å². The highest BCUT2D eigenvalue weighted by Crippen LogP contribution is 2.33. The Balaban J connectivity index is 1.65. The van der Waals surface area contributed by atoms with Gasteiger partial charge < -0.3 is 19.1 Å². The van der Waals surface area contributed by atoms with Crippen LogP contribution in [0.1, 0.15) is 18.9 Å². The average Bonchev–Trinajstić information content (AvgIpc) is 3.21. The molecule has 2 aliphatic rings. The van der Waals surface area contributed by atoms with E-state index in [2.05, 4.69) is 4.99 Å². The molecule has 2 amide bonds. The average molecular weight is 496 g/mol. The van der Waals surface area contributed by atoms with E-state index < -0.39 is 0 Å². The third-order valence-corrected chi connectivity index (χ3v) is 7.10. The number of amides is 2. The van der Waals surface area contributed by atoms with Crippen LogP contribution in [0.15, 0.2) is 59.2 Å². The van der Waals surface area contributed by atoms with Crippen LogP contribution < -0.4 is 14.4 Å². The molecule has 184 valence electrons. The maximum Gasteiger partial charge on any atom is 0.283 e. The summed E-state index contributed by atoms with van der Waals surface area (Å²) in [6, 6.07) is 14.6. The van der Waals surface area contributed by atoms with Gasteiger partial charge in [-0.25, -0.2) is 4.99 Å². The number of amidine groups is 1. The highest BCUT2D eigenvalue weighted by molar-refractivity contribution is 8.15. The van der Waals surface area contributed by atoms with Crippen molar-refractivity contribution in [1.82, 2.24) is 4.90 Å². The number of morpholine rings is 1. The van der Waals surface area contributed by atoms with Gasteiger partial charge in [-0.05, 0) is 54.5 Å². The summed E-state index contributed by atoms with van der Waals surface area (Å²) in [5, 5.41) is 0.120. The largest absolute Gasteiger partial charge is 0.497 e. The second-order valence-electron chi connectivity index (χ2n) is 7.99. The standard InChI is InChI=1S/C26H29N3O5S/c1-4-23(25(31)28-13-15-34-16-14-28)35-26-27-22(17-18-5-9-20(32-2)10-6-18)24(30)29(26)19-7-11-21(33-3)12-8-19/h5-12,17,23H,4,13-16H2,1-3H3. The predicted octanol–water partition coefficient (Wildman–Crippen LogP) is 3.82. The van der Waals surface area contributed by atoms with Gasteiger partial charge in [0.05, 0.1) is 38.4 Å². The third-order valence-electron chi connectivity index (χ3n) is 5.80. The van der Waals surface area contributed by atoms with E-state index >= 15 is 0 Å². The number of thioether (sulfide) groups is 1. The summed E-state index contributed by atoms with van der Waals surface area (Å²) >= 11 is 1.32. The van der Waals surface area contributed by atoms with Crippen molar-refractivity contribution in [3.05, 3.63) is 59.8 Å². The topological polar surface area (TPSA) is 80.7 Å². The van der Waals surface area contributed by atoms with E-state index in [0.717, 1.165) is 11.3 Å². The maximum atomic E-state index is 13.5. The van der Waals surface area contributed by atoms with E-state index in [-0.39, 0.29) is 17.1 Å². The van der Waals surface area contributed by atoms with Crippen LogP contribution in [-0.4, -0.2) is 67.7 Å². The zero-order valence-corrected chi connectivity index (χ0v) is 20.9. The van der Waals surface area contributed by atoms with Crippen LogP contribution in [0.2, 0.25) is 0 Å². The Labute approximate surface area is 209 Å². The molecule has 2 aliphatic heterocycles. The van der Waals surface area contributed by atoms with E-state index in [4.69, 9.17) is 14.2 Å². The third kappa shape index (κ3) is 5.68. The molecule has 2 aromatic carbocycles. The molecule has 0 spiro atoms. The molecule has 0 saturated carbocycles. The minimum absolute atomic E-state index is 0.0400. The molecule has 0 N–H and O–H groups in total. The number of carbonyl (C=O) groups is 2. The molecule has 35 heavy (non-hydrogen) atoms. The van der Waals surface area contributed by atoms with Gasteiger partial charge in [-0.3, -0.25) is 14.5 Å². The lowest BCUT2D eigenvalue weighted by Crippen LogP contribution is -2.45. The fraction of sp³-hybridized carbons (Fsp3) is 0.346. The van der Waals surface area contributed by atoms with Crippen LogP contribution in [0, 0.1) is 0 Å². The molecule has 2 aromatic rings. The van der Waals surface area contributed by atoms with Crippen molar-refractivity contribution in [3.8, 4) is 11.5 Å². The van der Waals surface area contributed by atoms with Crippen LogP contribution in [-0.2, 0) is 14.3 Å². The Bertz CT molecular complexity index is 1110. The molecule has 0 bridgehead atoms. The molecule has 4 rings (SSSR count). The van der Waals surface area contributed by atoms with Gasteiger partial charge in [0, 0.05) is 13.1 Å². The van der Waals surface area contributed by atoms with Crippen molar-refractivity contribution in [2.45, 2.75) is 18.6 Å². The van der Waals surface area contributed by atoms with Crippen LogP contribution >= 0.6 is 11.8 Å². The molecular formula is C26H29N3O5S. The predicted molar refractivity (Wildman–Crippen MR) is 138 cm³/mol. The number of hydrogen-bond acceptors (Lipinski definition) is 7. The first kappa shape index (κ1) is 24.8. The Morgan fingerprint density at radius 1 is 1.06 bits per heavy atom. The Hall–Kier alpha value is -3.30. The van der Waals surface area contributed by atoms with Gasteiger partial charge in [0.2, 0.25) is 5.91 Å². The molecule has 1 unspecified atom stereocenters. The molecule has 0 radical (unpaired) electrons. The SMILES string of the molecule is CCC(SC1=NC(=Cc2ccc(OC)cc2)C(=O)N1c1ccc(OC)cc1)C(=O)N1CCOCC1.